The van der Waals surface area contributed by atoms with E-state index in [1.54, 1.807) is 93.0 Å². The Morgan fingerprint density at radius 1 is 0.553 bits per heavy atom. The molecule has 0 spiro atoms. The van der Waals surface area contributed by atoms with Gasteiger partial charge in [0.2, 0.25) is 0 Å². The topological polar surface area (TPSA) is 156 Å². The zero-order valence-electron chi connectivity index (χ0n) is 46.0. The van der Waals surface area contributed by atoms with E-state index in [9.17, 15) is 35.1 Å². The van der Waals surface area contributed by atoms with Crippen LogP contribution in [0.2, 0.25) is 0 Å². The average Bonchev–Trinajstić information content (AvgIpc) is 1.81. The molecule has 10 aromatic rings. The van der Waals surface area contributed by atoms with Gasteiger partial charge in [0.25, 0.3) is 12.9 Å². The number of imidazole rings is 5. The van der Waals surface area contributed by atoms with Crippen LogP contribution in [-0.2, 0) is 27.2 Å². The van der Waals surface area contributed by atoms with Gasteiger partial charge >= 0.3 is 12.8 Å². The number of rotatable bonds is 12. The maximum absolute atomic E-state index is 13.1. The van der Waals surface area contributed by atoms with E-state index in [-0.39, 0.29) is 34.6 Å². The first-order chi connectivity index (χ1) is 40.9. The molecule has 4 aliphatic rings. The van der Waals surface area contributed by atoms with Crippen molar-refractivity contribution in [2.75, 3.05) is 7.11 Å². The van der Waals surface area contributed by atoms with Gasteiger partial charge in [-0.05, 0) is 151 Å². The molecule has 4 fully saturated rings. The van der Waals surface area contributed by atoms with E-state index in [1.165, 1.54) is 80.9 Å². The van der Waals surface area contributed by atoms with Crippen LogP contribution in [0.3, 0.4) is 0 Å². The summed E-state index contributed by atoms with van der Waals surface area (Å²) in [7, 11) is 0.182. The zero-order chi connectivity index (χ0) is 60.7. The molecule has 4 saturated carbocycles. The SMILES string of the molecule is CC.COC1(n2cnc(-c3ccc(F)cc3)c2)CC1.Fc1ccc(-c2cn(C3(C(F)F)CC3)cn2)cc1.Fc1ccc(-c2ncn(C3(C(F)F)CC3)c2Br)cc1.OB(O)c1ccc2nccn2n1.[C-]#[N+]C1(n2cnc(-c3ccc(F)cc3)c2)CC1. The minimum Gasteiger partial charge on any atom is -0.422 e. The molecule has 0 bridgehead atoms. The summed E-state index contributed by atoms with van der Waals surface area (Å²) in [6, 6.07) is 27.4. The van der Waals surface area contributed by atoms with Gasteiger partial charge in [0.15, 0.2) is 5.65 Å². The van der Waals surface area contributed by atoms with Gasteiger partial charge in [-0.2, -0.15) is 5.10 Å². The maximum atomic E-state index is 13.1. The van der Waals surface area contributed by atoms with Crippen LogP contribution in [0, 0.1) is 29.8 Å². The third-order valence-corrected chi connectivity index (χ3v) is 15.5. The number of ether oxygens (including phenoxy) is 1. The molecular weight excluding hydrogens is 1180 g/mol. The van der Waals surface area contributed by atoms with E-state index >= 15 is 0 Å². The second-order valence-corrected chi connectivity index (χ2v) is 20.9. The second kappa shape index (κ2) is 25.9. The smallest absolute Gasteiger partial charge is 0.422 e. The Morgan fingerprint density at radius 3 is 1.40 bits per heavy atom. The monoisotopic (exact) mass is 1230 g/mol. The van der Waals surface area contributed by atoms with Gasteiger partial charge in [0, 0.05) is 73.2 Å². The van der Waals surface area contributed by atoms with Crippen LogP contribution in [-0.4, -0.2) is 89.9 Å². The number of benzene rings is 4. The third kappa shape index (κ3) is 13.8. The lowest BCUT2D eigenvalue weighted by Crippen LogP contribution is -2.33. The van der Waals surface area contributed by atoms with Crippen molar-refractivity contribution in [3.8, 4) is 45.0 Å². The Bertz CT molecular complexity index is 3850. The van der Waals surface area contributed by atoms with Crippen molar-refractivity contribution in [2.45, 2.75) is 101 Å². The van der Waals surface area contributed by atoms with Gasteiger partial charge < -0.3 is 28.5 Å². The van der Waals surface area contributed by atoms with Crippen molar-refractivity contribution in [1.82, 2.24) is 52.8 Å². The first-order valence-electron chi connectivity index (χ1n) is 27.0. The molecule has 85 heavy (non-hydrogen) atoms. The molecule has 0 atom stereocenters. The van der Waals surface area contributed by atoms with E-state index in [1.807, 2.05) is 35.4 Å². The van der Waals surface area contributed by atoms with Crippen LogP contribution < -0.4 is 5.59 Å². The van der Waals surface area contributed by atoms with Crippen LogP contribution in [0.1, 0.15) is 65.2 Å². The highest BCUT2D eigenvalue weighted by Crippen LogP contribution is 2.52. The summed E-state index contributed by atoms with van der Waals surface area (Å²) in [5.74, 6) is -1.16. The molecule has 14 rings (SSSR count). The number of fused-ring (bicyclic) bond motifs is 1. The largest absolute Gasteiger partial charge is 0.510 e. The van der Waals surface area contributed by atoms with Crippen LogP contribution in [0.25, 0.3) is 55.5 Å². The van der Waals surface area contributed by atoms with Gasteiger partial charge in [0.1, 0.15) is 56.7 Å². The zero-order valence-corrected chi connectivity index (χ0v) is 47.6. The Balaban J connectivity index is 0.000000127. The molecule has 0 unspecified atom stereocenters. The van der Waals surface area contributed by atoms with E-state index < -0.39 is 36.7 Å². The number of methoxy groups -OCH3 is 1. The summed E-state index contributed by atoms with van der Waals surface area (Å²) in [5.41, 5.74) is 4.06. The predicted molar refractivity (Wildman–Crippen MR) is 307 cm³/mol. The van der Waals surface area contributed by atoms with Gasteiger partial charge in [-0.3, -0.25) is 9.41 Å². The molecule has 0 amide bonds. The van der Waals surface area contributed by atoms with Crippen LogP contribution in [0.4, 0.5) is 35.1 Å². The van der Waals surface area contributed by atoms with Crippen molar-refractivity contribution in [2.24, 2.45) is 0 Å². The summed E-state index contributed by atoms with van der Waals surface area (Å²) < 4.78 is 118. The molecule has 15 nitrogen and oxygen atoms in total. The van der Waals surface area contributed by atoms with Gasteiger partial charge in [0.05, 0.1) is 54.5 Å². The maximum Gasteiger partial charge on any atom is 0.510 e. The van der Waals surface area contributed by atoms with Crippen molar-refractivity contribution in [3.63, 3.8) is 0 Å². The Labute approximate surface area is 492 Å². The predicted octanol–water partition coefficient (Wildman–Crippen LogP) is 12.9. The first-order valence-corrected chi connectivity index (χ1v) is 27.8. The van der Waals surface area contributed by atoms with E-state index in [2.05, 4.69) is 50.8 Å². The molecule has 6 heterocycles. The highest BCUT2D eigenvalue weighted by atomic mass is 79.9. The molecule has 0 radical (unpaired) electrons. The highest BCUT2D eigenvalue weighted by Gasteiger charge is 2.55. The standard InChI is InChI=1S/C13H10BrF3N2.C13H11F3N2.C13H10FN3.C13H13FN2O.C6H6BN3O2.C2H6/c14-11-10(8-1-3-9(15)4-2-8)18-7-19(11)13(5-6-13)12(16)17;14-10-3-1-9(2-4-10)11-7-18(8-17-11)13(5-6-13)12(15)16;1-15-13(6-7-13)17-8-12(16-9-17)10-2-4-11(14)5-3-10;1-17-13(6-7-13)16-8-12(15-9-16)10-2-4-11(14)5-3-10;11-7(12)5-1-2-6-8-3-4-10(6)9-5;1-2/h1-4,7,12H,5-6H2;1-4,7-8,12H,5-6H2;2-5,8-9H,6-7H2;2-5,8-9H,6-7H2,1H3;1-4,11-12H;1-2H3. The number of hydrogen-bond acceptors (Lipinski definition) is 9. The number of halogens is 9. The van der Waals surface area contributed by atoms with Crippen LogP contribution in [0.15, 0.2) is 170 Å². The molecule has 4 aromatic carbocycles. The lowest BCUT2D eigenvalue weighted by molar-refractivity contribution is 0.0163. The number of nitrogens with zero attached hydrogens (tertiary/aromatic N) is 12. The van der Waals surface area contributed by atoms with Gasteiger partial charge in [-0.1, -0.05) is 13.8 Å². The Morgan fingerprint density at radius 2 is 0.988 bits per heavy atom. The molecule has 0 saturated heterocycles. The fourth-order valence-corrected chi connectivity index (χ4v) is 9.78. The number of hydrogen-bond donors (Lipinski definition) is 2. The van der Waals surface area contributed by atoms with Gasteiger partial charge in [-0.25, -0.2) is 71.1 Å². The highest BCUT2D eigenvalue weighted by molar-refractivity contribution is 9.10. The molecule has 0 aliphatic heterocycles. The summed E-state index contributed by atoms with van der Waals surface area (Å²) in [4.78, 5) is 24.5. The molecule has 4 aliphatic carbocycles. The van der Waals surface area contributed by atoms with Crippen LogP contribution in [0.5, 0.6) is 0 Å². The van der Waals surface area contributed by atoms with Crippen molar-refractivity contribution in [1.29, 1.82) is 0 Å². The van der Waals surface area contributed by atoms with Crippen molar-refractivity contribution >= 4 is 34.3 Å². The van der Waals surface area contributed by atoms with E-state index in [0.717, 1.165) is 53.8 Å². The lowest BCUT2D eigenvalue weighted by Gasteiger charge is -2.17. The minimum absolute atomic E-state index is 0.189. The third-order valence-electron chi connectivity index (χ3n) is 14.8. The fourth-order valence-electron chi connectivity index (χ4n) is 9.01. The van der Waals surface area contributed by atoms with E-state index in [0.29, 0.717) is 52.9 Å². The van der Waals surface area contributed by atoms with Crippen molar-refractivity contribution in [3.05, 3.63) is 205 Å². The van der Waals surface area contributed by atoms with Crippen LogP contribution >= 0.6 is 15.9 Å². The lowest BCUT2D eigenvalue weighted by atomic mass is 9.86. The number of aromatic nitrogens is 11. The minimum atomic E-state index is -2.42. The molecule has 6 aromatic heterocycles. The second-order valence-electron chi connectivity index (χ2n) is 20.2. The Kier molecular flexibility index (Phi) is 18.7. The Hall–Kier alpha value is -8.31. The van der Waals surface area contributed by atoms with Gasteiger partial charge in [-0.15, -0.1) is 0 Å². The van der Waals surface area contributed by atoms with E-state index in [4.69, 9.17) is 21.4 Å². The fraction of sp³-hybridized carbons (Fsp3) is 0.283. The molecular formula is C60H56BBrF8N12O3. The summed E-state index contributed by atoms with van der Waals surface area (Å²) >= 11 is 3.32. The number of alkyl halides is 4. The average molecular weight is 1240 g/mol. The summed E-state index contributed by atoms with van der Waals surface area (Å²) in [5, 5.41) is 21.4. The quantitative estimate of drug-likeness (QED) is 0.0691. The molecule has 25 heteroatoms. The molecule has 440 valence electrons. The summed E-state index contributed by atoms with van der Waals surface area (Å²) in [6.07, 6.45) is 15.8. The normalized spacial score (nSPS) is 15.7. The first kappa shape index (κ1) is 61.3. The van der Waals surface area contributed by atoms with Crippen molar-refractivity contribution < 1.29 is 49.9 Å². The summed E-state index contributed by atoms with van der Waals surface area (Å²) in [6.45, 7) is 11.2. The molecule has 2 N–H and O–H groups in total.